The summed E-state index contributed by atoms with van der Waals surface area (Å²) in [5.74, 6) is 0.376. The summed E-state index contributed by atoms with van der Waals surface area (Å²) < 4.78 is 0. The minimum Gasteiger partial charge on any atom is -0.313 e. The number of nitrogens with zero attached hydrogens (tertiary/aromatic N) is 2. The summed E-state index contributed by atoms with van der Waals surface area (Å²) in [6.07, 6.45) is 4.19. The van der Waals surface area contributed by atoms with Crippen molar-refractivity contribution in [3.8, 4) is 0 Å². The average molecular weight is 368 g/mol. The van der Waals surface area contributed by atoms with E-state index in [1.54, 1.807) is 13.3 Å². The fourth-order valence-corrected chi connectivity index (χ4v) is 3.41. The maximum absolute atomic E-state index is 6.08. The van der Waals surface area contributed by atoms with Gasteiger partial charge in [-0.25, -0.2) is 0 Å². The molecule has 136 valence electrons. The molecule has 1 fully saturated rings. The zero-order valence-corrected chi connectivity index (χ0v) is 16.0. The van der Waals surface area contributed by atoms with Gasteiger partial charge in [-0.15, -0.1) is 0 Å². The summed E-state index contributed by atoms with van der Waals surface area (Å²) in [4.78, 5) is 2.52. The van der Waals surface area contributed by atoms with Crippen LogP contribution >= 0.6 is 11.6 Å². The number of nitrogens with one attached hydrogen (secondary N) is 1. The average Bonchev–Trinajstić information content (AvgIpc) is 2.63. The van der Waals surface area contributed by atoms with Crippen molar-refractivity contribution in [1.29, 1.82) is 0 Å². The summed E-state index contributed by atoms with van der Waals surface area (Å²) in [7, 11) is 1.78. The highest BCUT2D eigenvalue weighted by Crippen LogP contribution is 2.30. The third kappa shape index (κ3) is 4.75. The number of hydrogen-bond donors (Lipinski definition) is 1. The molecular formula is C22H26ClN3. The van der Waals surface area contributed by atoms with Crippen LogP contribution in [-0.4, -0.2) is 37.8 Å². The quantitative estimate of drug-likeness (QED) is 0.536. The highest BCUT2D eigenvalue weighted by atomic mass is 35.5. The first-order valence-electron chi connectivity index (χ1n) is 9.14. The Morgan fingerprint density at radius 2 is 1.77 bits per heavy atom. The van der Waals surface area contributed by atoms with Gasteiger partial charge in [0.05, 0.1) is 6.21 Å². The van der Waals surface area contributed by atoms with Crippen LogP contribution in [0.4, 0.5) is 0 Å². The third-order valence-electron chi connectivity index (χ3n) is 4.99. The molecule has 3 nitrogen and oxygen atoms in total. The van der Waals surface area contributed by atoms with Crippen LogP contribution in [0.1, 0.15) is 35.4 Å². The second-order valence-corrected chi connectivity index (χ2v) is 7.15. The first kappa shape index (κ1) is 18.7. The number of halogens is 1. The van der Waals surface area contributed by atoms with Gasteiger partial charge in [0.2, 0.25) is 0 Å². The van der Waals surface area contributed by atoms with Crippen LogP contribution in [0.3, 0.4) is 0 Å². The molecule has 1 aliphatic heterocycles. The molecule has 0 bridgehead atoms. The van der Waals surface area contributed by atoms with E-state index in [0.29, 0.717) is 5.92 Å². The Morgan fingerprint density at radius 3 is 2.31 bits per heavy atom. The van der Waals surface area contributed by atoms with Crippen molar-refractivity contribution in [2.24, 2.45) is 5.10 Å². The van der Waals surface area contributed by atoms with Crippen LogP contribution in [0.5, 0.6) is 0 Å². The molecule has 0 aliphatic carbocycles. The zero-order chi connectivity index (χ0) is 18.4. The van der Waals surface area contributed by atoms with Crippen LogP contribution in [-0.2, 0) is 0 Å². The first-order valence-corrected chi connectivity index (χ1v) is 9.52. The van der Waals surface area contributed by atoms with Gasteiger partial charge >= 0.3 is 0 Å². The molecule has 0 spiro atoms. The van der Waals surface area contributed by atoms with Gasteiger partial charge in [-0.05, 0) is 66.9 Å². The Bertz CT molecular complexity index is 746. The van der Waals surface area contributed by atoms with Gasteiger partial charge in [-0.3, -0.25) is 0 Å². The maximum Gasteiger partial charge on any atom is 0.0540 e. The van der Waals surface area contributed by atoms with Gasteiger partial charge in [-0.2, -0.15) is 5.10 Å². The van der Waals surface area contributed by atoms with Crippen LogP contribution < -0.4 is 5.43 Å². The van der Waals surface area contributed by atoms with Crippen molar-refractivity contribution in [3.63, 3.8) is 0 Å². The van der Waals surface area contributed by atoms with Crippen LogP contribution in [0.2, 0.25) is 5.02 Å². The van der Waals surface area contributed by atoms with Gasteiger partial charge in [0.25, 0.3) is 0 Å². The first-order chi connectivity index (χ1) is 12.7. The van der Waals surface area contributed by atoms with Crippen molar-refractivity contribution in [2.45, 2.75) is 18.8 Å². The lowest BCUT2D eigenvalue weighted by molar-refractivity contribution is 0.177. The largest absolute Gasteiger partial charge is 0.313 e. The van der Waals surface area contributed by atoms with Crippen molar-refractivity contribution in [2.75, 3.05) is 26.7 Å². The normalized spacial score (nSPS) is 15.6. The Morgan fingerprint density at radius 1 is 1.15 bits per heavy atom. The molecule has 2 aromatic carbocycles. The minimum atomic E-state index is 0.376. The fourth-order valence-electron chi connectivity index (χ4n) is 3.28. The Hall–Kier alpha value is -2.10. The summed E-state index contributed by atoms with van der Waals surface area (Å²) in [6.45, 7) is 7.67. The van der Waals surface area contributed by atoms with E-state index in [1.807, 2.05) is 12.1 Å². The lowest BCUT2D eigenvalue weighted by Crippen LogP contribution is -2.38. The molecule has 1 heterocycles. The van der Waals surface area contributed by atoms with Crippen molar-refractivity contribution < 1.29 is 0 Å². The molecule has 1 aliphatic rings. The highest BCUT2D eigenvalue weighted by Gasteiger charge is 2.19. The van der Waals surface area contributed by atoms with E-state index in [1.165, 1.54) is 30.6 Å². The molecule has 26 heavy (non-hydrogen) atoms. The van der Waals surface area contributed by atoms with E-state index in [4.69, 9.17) is 11.6 Å². The monoisotopic (exact) mass is 367 g/mol. The van der Waals surface area contributed by atoms with Crippen molar-refractivity contribution in [3.05, 3.63) is 76.8 Å². The van der Waals surface area contributed by atoms with E-state index >= 15 is 0 Å². The molecule has 1 unspecified atom stereocenters. The Kier molecular flexibility index (Phi) is 6.48. The van der Waals surface area contributed by atoms with E-state index in [-0.39, 0.29) is 0 Å². The zero-order valence-electron chi connectivity index (χ0n) is 15.3. The number of likely N-dealkylation sites (tertiary alicyclic amines) is 1. The molecule has 3 rings (SSSR count). The molecule has 0 saturated carbocycles. The number of hydrogen-bond acceptors (Lipinski definition) is 3. The highest BCUT2D eigenvalue weighted by molar-refractivity contribution is 6.30. The van der Waals surface area contributed by atoms with Gasteiger partial charge in [0.15, 0.2) is 0 Å². The lowest BCUT2D eigenvalue weighted by Gasteiger charge is -2.32. The molecule has 0 amide bonds. The topological polar surface area (TPSA) is 27.6 Å². The molecule has 1 atom stereocenters. The predicted molar refractivity (Wildman–Crippen MR) is 112 cm³/mol. The Labute approximate surface area is 161 Å². The molecule has 0 radical (unpaired) electrons. The van der Waals surface area contributed by atoms with Gasteiger partial charge < -0.3 is 10.3 Å². The number of rotatable bonds is 8. The third-order valence-corrected chi connectivity index (χ3v) is 5.24. The van der Waals surface area contributed by atoms with Crippen LogP contribution in [0.25, 0.3) is 5.57 Å². The Balaban J connectivity index is 1.79. The molecule has 1 N–H and O–H groups in total. The molecule has 1 saturated heterocycles. The van der Waals surface area contributed by atoms with Crippen molar-refractivity contribution >= 4 is 23.4 Å². The summed E-state index contributed by atoms with van der Waals surface area (Å²) in [6, 6.07) is 16.9. The lowest BCUT2D eigenvalue weighted by atomic mass is 9.87. The van der Waals surface area contributed by atoms with Gasteiger partial charge in [0, 0.05) is 18.0 Å². The number of allylic oxidation sites excluding steroid dienone is 1. The number of benzene rings is 2. The second-order valence-electron chi connectivity index (χ2n) is 6.72. The maximum atomic E-state index is 6.08. The minimum absolute atomic E-state index is 0.376. The van der Waals surface area contributed by atoms with Crippen LogP contribution in [0.15, 0.2) is 60.2 Å². The van der Waals surface area contributed by atoms with Gasteiger partial charge in [0.1, 0.15) is 0 Å². The summed E-state index contributed by atoms with van der Waals surface area (Å²) in [5.41, 5.74) is 7.39. The van der Waals surface area contributed by atoms with E-state index in [2.05, 4.69) is 58.4 Å². The van der Waals surface area contributed by atoms with E-state index in [0.717, 1.165) is 29.1 Å². The molecule has 0 aromatic heterocycles. The van der Waals surface area contributed by atoms with E-state index < -0.39 is 0 Å². The fraction of sp³-hybridized carbons (Fsp3) is 0.318. The summed E-state index contributed by atoms with van der Waals surface area (Å²) in [5, 5.41) is 4.82. The molecule has 2 aromatic rings. The second kappa shape index (κ2) is 9.02. The standard InChI is InChI=1S/C22H26ClN3/c1-17(16-25-24-2)18-4-6-19(7-5-18)22(12-15-26-13-3-14-26)20-8-10-21(23)11-9-20/h4-11,16,22,24H,1,3,12-15H2,2H3/b25-16-. The predicted octanol–water partition coefficient (Wildman–Crippen LogP) is 4.79. The van der Waals surface area contributed by atoms with Crippen LogP contribution in [0, 0.1) is 0 Å². The van der Waals surface area contributed by atoms with Gasteiger partial charge in [-0.1, -0.05) is 54.6 Å². The molecular weight excluding hydrogens is 342 g/mol. The summed E-state index contributed by atoms with van der Waals surface area (Å²) >= 11 is 6.08. The molecule has 4 heteroatoms. The number of hydrazone groups is 1. The van der Waals surface area contributed by atoms with E-state index in [9.17, 15) is 0 Å². The smallest absolute Gasteiger partial charge is 0.0540 e. The SMILES string of the molecule is C=C(/C=N\NC)c1ccc(C(CCN2CCC2)c2ccc(Cl)cc2)cc1. The van der Waals surface area contributed by atoms with Crippen molar-refractivity contribution in [1.82, 2.24) is 10.3 Å².